The van der Waals surface area contributed by atoms with Gasteiger partial charge < -0.3 is 16.4 Å². The lowest BCUT2D eigenvalue weighted by Crippen LogP contribution is -2.15. The van der Waals surface area contributed by atoms with Crippen LogP contribution in [0.5, 0.6) is 0 Å². The molecule has 0 bridgehead atoms. The van der Waals surface area contributed by atoms with Crippen LogP contribution in [0.4, 0.5) is 17.5 Å². The number of hydrogen-bond acceptors (Lipinski definition) is 7. The van der Waals surface area contributed by atoms with E-state index in [0.29, 0.717) is 18.9 Å². The van der Waals surface area contributed by atoms with Crippen molar-refractivity contribution in [2.45, 2.75) is 18.7 Å². The first-order valence-corrected chi connectivity index (χ1v) is 10.6. The summed E-state index contributed by atoms with van der Waals surface area (Å²) in [6, 6.07) is 14.4. The fraction of sp³-hybridized carbons (Fsp3) is 0.200. The van der Waals surface area contributed by atoms with Crippen LogP contribution in [-0.2, 0) is 10.0 Å². The Kier molecular flexibility index (Phi) is 6.00. The van der Waals surface area contributed by atoms with Crippen LogP contribution >= 0.6 is 0 Å². The summed E-state index contributed by atoms with van der Waals surface area (Å²) in [5.41, 5.74) is 10.7. The number of sulfonamides is 1. The maximum Gasteiger partial charge on any atom is 0.238 e. The first-order chi connectivity index (χ1) is 13.7. The van der Waals surface area contributed by atoms with Gasteiger partial charge in [0.1, 0.15) is 5.82 Å². The van der Waals surface area contributed by atoms with Crippen molar-refractivity contribution in [1.82, 2.24) is 9.97 Å². The number of nitrogens with zero attached hydrogens (tertiary/aromatic N) is 2. The molecule has 152 valence electrons. The molecule has 9 heteroatoms. The summed E-state index contributed by atoms with van der Waals surface area (Å²) in [7, 11) is -3.68. The third kappa shape index (κ3) is 5.66. The lowest BCUT2D eigenvalue weighted by Gasteiger charge is -2.11. The molecule has 1 aromatic heterocycles. The van der Waals surface area contributed by atoms with Crippen molar-refractivity contribution in [3.63, 3.8) is 0 Å². The Bertz CT molecular complexity index is 1090. The Morgan fingerprint density at radius 1 is 0.897 bits per heavy atom. The topological polar surface area (TPSA) is 136 Å². The Morgan fingerprint density at radius 2 is 1.52 bits per heavy atom. The third-order valence-corrected chi connectivity index (χ3v) is 5.13. The number of benzene rings is 2. The summed E-state index contributed by atoms with van der Waals surface area (Å²) < 4.78 is 22.6. The molecule has 0 radical (unpaired) electrons. The zero-order chi connectivity index (χ0) is 21.0. The van der Waals surface area contributed by atoms with Gasteiger partial charge in [0.2, 0.25) is 16.0 Å². The highest BCUT2D eigenvalue weighted by molar-refractivity contribution is 7.89. The van der Waals surface area contributed by atoms with Gasteiger partial charge in [0.15, 0.2) is 0 Å². The van der Waals surface area contributed by atoms with Crippen LogP contribution in [0.1, 0.15) is 11.1 Å². The number of primary sulfonamides is 1. The molecule has 3 aromatic rings. The molecule has 0 saturated heterocycles. The lowest BCUT2D eigenvalue weighted by molar-refractivity contribution is 0.598. The normalized spacial score (nSPS) is 11.3. The van der Waals surface area contributed by atoms with Gasteiger partial charge in [0.25, 0.3) is 0 Å². The number of hydrogen-bond donors (Lipinski definition) is 4. The van der Waals surface area contributed by atoms with Crippen LogP contribution in [0.3, 0.4) is 0 Å². The molecule has 0 aliphatic heterocycles. The summed E-state index contributed by atoms with van der Waals surface area (Å²) in [6.07, 6.45) is 0. The Morgan fingerprint density at radius 3 is 2.14 bits per heavy atom. The van der Waals surface area contributed by atoms with Gasteiger partial charge in [0.05, 0.1) is 10.6 Å². The van der Waals surface area contributed by atoms with E-state index in [-0.39, 0.29) is 10.8 Å². The molecule has 0 atom stereocenters. The predicted octanol–water partition coefficient (Wildman–Crippen LogP) is 2.51. The molecular weight excluding hydrogens is 388 g/mol. The largest absolute Gasteiger partial charge is 0.383 e. The van der Waals surface area contributed by atoms with E-state index >= 15 is 0 Å². The van der Waals surface area contributed by atoms with Gasteiger partial charge in [-0.1, -0.05) is 17.2 Å². The van der Waals surface area contributed by atoms with Gasteiger partial charge in [-0.05, 0) is 50.2 Å². The van der Waals surface area contributed by atoms with Crippen molar-refractivity contribution in [2.75, 3.05) is 29.5 Å². The highest BCUT2D eigenvalue weighted by atomic mass is 32.2. The van der Waals surface area contributed by atoms with Crippen molar-refractivity contribution in [1.29, 1.82) is 0 Å². The smallest absolute Gasteiger partial charge is 0.238 e. The molecule has 0 aliphatic carbocycles. The van der Waals surface area contributed by atoms with Crippen LogP contribution in [0.25, 0.3) is 11.3 Å². The highest BCUT2D eigenvalue weighted by Gasteiger charge is 2.07. The third-order valence-electron chi connectivity index (χ3n) is 4.20. The molecule has 3 rings (SSSR count). The number of nitrogen functional groups attached to an aromatic ring is 1. The molecule has 2 aromatic carbocycles. The summed E-state index contributed by atoms with van der Waals surface area (Å²) in [5.74, 6) is 0.841. The minimum absolute atomic E-state index is 0.0801. The summed E-state index contributed by atoms with van der Waals surface area (Å²) in [5, 5.41) is 11.5. The number of aromatic nitrogens is 2. The molecule has 0 fully saturated rings. The maximum absolute atomic E-state index is 11.3. The van der Waals surface area contributed by atoms with Gasteiger partial charge in [0, 0.05) is 30.4 Å². The summed E-state index contributed by atoms with van der Waals surface area (Å²) in [6.45, 7) is 5.26. The van der Waals surface area contributed by atoms with E-state index in [9.17, 15) is 8.42 Å². The lowest BCUT2D eigenvalue weighted by atomic mass is 10.0. The first kappa shape index (κ1) is 20.6. The number of nitrogens with two attached hydrogens (primary N) is 2. The quantitative estimate of drug-likeness (QED) is 0.438. The van der Waals surface area contributed by atoms with Gasteiger partial charge in [-0.25, -0.2) is 18.5 Å². The second-order valence-electron chi connectivity index (χ2n) is 6.80. The monoisotopic (exact) mass is 412 g/mol. The summed E-state index contributed by atoms with van der Waals surface area (Å²) in [4.78, 5) is 8.66. The molecule has 8 nitrogen and oxygen atoms in total. The van der Waals surface area contributed by atoms with Crippen LogP contribution in [0.15, 0.2) is 53.4 Å². The second-order valence-corrected chi connectivity index (χ2v) is 8.36. The van der Waals surface area contributed by atoms with Gasteiger partial charge in [-0.15, -0.1) is 0 Å². The number of aryl methyl sites for hydroxylation is 2. The highest BCUT2D eigenvalue weighted by Crippen LogP contribution is 2.23. The van der Waals surface area contributed by atoms with Gasteiger partial charge in [-0.2, -0.15) is 4.98 Å². The molecule has 0 amide bonds. The average molecular weight is 413 g/mol. The van der Waals surface area contributed by atoms with Crippen LogP contribution < -0.4 is 21.5 Å². The molecule has 0 aliphatic rings. The number of anilines is 3. The fourth-order valence-corrected chi connectivity index (χ4v) is 3.50. The minimum atomic E-state index is -3.68. The molecule has 0 spiro atoms. The molecule has 0 saturated carbocycles. The Labute approximate surface area is 170 Å². The first-order valence-electron chi connectivity index (χ1n) is 9.04. The zero-order valence-electron chi connectivity index (χ0n) is 16.3. The zero-order valence-corrected chi connectivity index (χ0v) is 17.1. The van der Waals surface area contributed by atoms with Gasteiger partial charge in [-0.3, -0.25) is 0 Å². The SMILES string of the molecule is Cc1cc(C)cc(-c2cc(NCCNc3ccc(S(N)(=O)=O)cc3)nc(N)n2)c1. The van der Waals surface area contributed by atoms with Crippen molar-refractivity contribution in [3.05, 3.63) is 59.7 Å². The average Bonchev–Trinajstić information content (AvgIpc) is 2.64. The van der Waals surface area contributed by atoms with Crippen molar-refractivity contribution in [2.24, 2.45) is 5.14 Å². The molecule has 6 N–H and O–H groups in total. The Hall–Kier alpha value is -3.17. The van der Waals surface area contributed by atoms with E-state index in [2.05, 4.69) is 38.8 Å². The van der Waals surface area contributed by atoms with E-state index in [4.69, 9.17) is 10.9 Å². The second kappa shape index (κ2) is 8.46. The van der Waals surface area contributed by atoms with Crippen LogP contribution in [0, 0.1) is 13.8 Å². The van der Waals surface area contributed by atoms with Crippen molar-refractivity contribution >= 4 is 27.5 Å². The summed E-state index contributed by atoms with van der Waals surface area (Å²) >= 11 is 0. The molecule has 1 heterocycles. The van der Waals surface area contributed by atoms with E-state index in [0.717, 1.165) is 28.1 Å². The molecule has 29 heavy (non-hydrogen) atoms. The van der Waals surface area contributed by atoms with Crippen molar-refractivity contribution < 1.29 is 8.42 Å². The van der Waals surface area contributed by atoms with E-state index in [1.54, 1.807) is 12.1 Å². The fourth-order valence-electron chi connectivity index (χ4n) is 2.99. The van der Waals surface area contributed by atoms with Gasteiger partial charge >= 0.3 is 0 Å². The number of rotatable bonds is 7. The van der Waals surface area contributed by atoms with E-state index < -0.39 is 10.0 Å². The van der Waals surface area contributed by atoms with E-state index in [1.165, 1.54) is 12.1 Å². The molecular formula is C20H24N6O2S. The Balaban J connectivity index is 1.62. The van der Waals surface area contributed by atoms with Crippen LogP contribution in [0.2, 0.25) is 0 Å². The van der Waals surface area contributed by atoms with Crippen molar-refractivity contribution in [3.8, 4) is 11.3 Å². The predicted molar refractivity (Wildman–Crippen MR) is 116 cm³/mol. The maximum atomic E-state index is 11.3. The van der Waals surface area contributed by atoms with Crippen LogP contribution in [-0.4, -0.2) is 31.5 Å². The number of nitrogens with one attached hydrogen (secondary N) is 2. The minimum Gasteiger partial charge on any atom is -0.383 e. The standard InChI is InChI=1S/C20H24N6O2S/c1-13-9-14(2)11-15(10-13)18-12-19(26-20(21)25-18)24-8-7-23-16-3-5-17(6-4-16)29(22,27)28/h3-6,9-12,23H,7-8H2,1-2H3,(H2,22,27,28)(H3,21,24,25,26). The molecule has 0 unspecified atom stereocenters. The van der Waals surface area contributed by atoms with E-state index in [1.807, 2.05) is 19.9 Å².